The third-order valence-corrected chi connectivity index (χ3v) is 3.88. The van der Waals surface area contributed by atoms with Crippen molar-refractivity contribution >= 4 is 11.9 Å². The van der Waals surface area contributed by atoms with Crippen LogP contribution in [-0.4, -0.2) is 71.5 Å². The Morgan fingerprint density at radius 3 is 2.30 bits per heavy atom. The molecule has 1 saturated heterocycles. The summed E-state index contributed by atoms with van der Waals surface area (Å²) >= 11 is 0. The predicted molar refractivity (Wildman–Crippen MR) is 92.3 cm³/mol. The van der Waals surface area contributed by atoms with Gasteiger partial charge in [-0.05, 0) is 6.07 Å². The van der Waals surface area contributed by atoms with Crippen molar-refractivity contribution in [1.82, 2.24) is 19.8 Å². The lowest BCUT2D eigenvalue weighted by Gasteiger charge is -2.35. The van der Waals surface area contributed by atoms with Gasteiger partial charge in [0, 0.05) is 64.6 Å². The first-order valence-corrected chi connectivity index (χ1v) is 7.98. The summed E-state index contributed by atoms with van der Waals surface area (Å²) < 4.78 is 0. The first-order chi connectivity index (χ1) is 11.2. The predicted octanol–water partition coefficient (Wildman–Crippen LogP) is 1.19. The highest BCUT2D eigenvalue weighted by molar-refractivity contribution is 5.76. The van der Waals surface area contributed by atoms with Gasteiger partial charge in [-0.25, -0.2) is 9.97 Å². The van der Waals surface area contributed by atoms with Crippen LogP contribution in [-0.2, 0) is 4.79 Å². The Morgan fingerprint density at radius 1 is 1.13 bits per heavy atom. The molecule has 2 rings (SSSR count). The average Bonchev–Trinajstić information content (AvgIpc) is 2.61. The van der Waals surface area contributed by atoms with Crippen molar-refractivity contribution in [2.45, 2.75) is 6.42 Å². The number of rotatable bonds is 8. The molecule has 0 aliphatic carbocycles. The second-order valence-corrected chi connectivity index (χ2v) is 5.50. The lowest BCUT2D eigenvalue weighted by molar-refractivity contribution is -0.131. The van der Waals surface area contributed by atoms with Crippen molar-refractivity contribution < 1.29 is 4.79 Å². The lowest BCUT2D eigenvalue weighted by Crippen LogP contribution is -2.49. The summed E-state index contributed by atoms with van der Waals surface area (Å²) in [4.78, 5) is 27.1. The zero-order valence-electron chi connectivity index (χ0n) is 13.6. The van der Waals surface area contributed by atoms with E-state index < -0.39 is 0 Å². The summed E-state index contributed by atoms with van der Waals surface area (Å²) in [6.07, 6.45) is 7.73. The number of amides is 1. The molecule has 0 aromatic carbocycles. The third-order valence-electron chi connectivity index (χ3n) is 3.88. The van der Waals surface area contributed by atoms with Gasteiger partial charge in [-0.3, -0.25) is 9.69 Å². The van der Waals surface area contributed by atoms with E-state index >= 15 is 0 Å². The molecule has 0 N–H and O–H groups in total. The standard InChI is InChI=1S/C17H25N5O/c1-3-9-20(10-4-2)11-6-16(23)21-12-14-22(15-13-21)17-18-7-5-8-19-17/h3-5,7-8H,1-2,6,9-15H2. The molecule has 23 heavy (non-hydrogen) atoms. The topological polar surface area (TPSA) is 52.6 Å². The Kier molecular flexibility index (Phi) is 6.75. The highest BCUT2D eigenvalue weighted by Crippen LogP contribution is 2.10. The third kappa shape index (κ3) is 5.17. The molecule has 1 aliphatic heterocycles. The summed E-state index contributed by atoms with van der Waals surface area (Å²) in [7, 11) is 0. The van der Waals surface area contributed by atoms with E-state index in [1.807, 2.05) is 23.1 Å². The van der Waals surface area contributed by atoms with E-state index in [1.165, 1.54) is 0 Å². The van der Waals surface area contributed by atoms with Crippen LogP contribution in [0.5, 0.6) is 0 Å². The van der Waals surface area contributed by atoms with Gasteiger partial charge in [0.15, 0.2) is 0 Å². The molecule has 0 unspecified atom stereocenters. The number of nitrogens with zero attached hydrogens (tertiary/aromatic N) is 5. The van der Waals surface area contributed by atoms with Gasteiger partial charge in [-0.1, -0.05) is 12.2 Å². The van der Waals surface area contributed by atoms with Gasteiger partial charge in [0.25, 0.3) is 0 Å². The zero-order chi connectivity index (χ0) is 16.5. The SMILES string of the molecule is C=CCN(CC=C)CCC(=O)N1CCN(c2ncccn2)CC1. The first-order valence-electron chi connectivity index (χ1n) is 7.98. The zero-order valence-corrected chi connectivity index (χ0v) is 13.6. The van der Waals surface area contributed by atoms with Crippen molar-refractivity contribution in [3.63, 3.8) is 0 Å². The Balaban J connectivity index is 1.77. The molecule has 2 heterocycles. The number of hydrogen-bond acceptors (Lipinski definition) is 5. The highest BCUT2D eigenvalue weighted by atomic mass is 16.2. The van der Waals surface area contributed by atoms with Gasteiger partial charge in [0.2, 0.25) is 11.9 Å². The van der Waals surface area contributed by atoms with Crippen molar-refractivity contribution in [2.24, 2.45) is 0 Å². The van der Waals surface area contributed by atoms with E-state index in [9.17, 15) is 4.79 Å². The molecule has 0 saturated carbocycles. The normalized spacial score (nSPS) is 14.8. The van der Waals surface area contributed by atoms with E-state index in [0.29, 0.717) is 6.42 Å². The van der Waals surface area contributed by atoms with Crippen LogP contribution in [0.15, 0.2) is 43.8 Å². The number of carbonyl (C=O) groups is 1. The van der Waals surface area contributed by atoms with Gasteiger partial charge < -0.3 is 9.80 Å². The molecule has 124 valence electrons. The van der Waals surface area contributed by atoms with Gasteiger partial charge >= 0.3 is 0 Å². The summed E-state index contributed by atoms with van der Waals surface area (Å²) in [6.45, 7) is 12.8. The molecule has 6 nitrogen and oxygen atoms in total. The van der Waals surface area contributed by atoms with Crippen molar-refractivity contribution in [3.05, 3.63) is 43.8 Å². The molecule has 0 spiro atoms. The van der Waals surface area contributed by atoms with Crippen LogP contribution in [0.25, 0.3) is 0 Å². The first kappa shape index (κ1) is 17.1. The van der Waals surface area contributed by atoms with Crippen LogP contribution in [0.3, 0.4) is 0 Å². The van der Waals surface area contributed by atoms with Crippen LogP contribution in [0.2, 0.25) is 0 Å². The number of carbonyl (C=O) groups excluding carboxylic acids is 1. The summed E-state index contributed by atoms with van der Waals surface area (Å²) in [6, 6.07) is 1.81. The monoisotopic (exact) mass is 315 g/mol. The number of aromatic nitrogens is 2. The van der Waals surface area contributed by atoms with Gasteiger partial charge in [0.1, 0.15) is 0 Å². The van der Waals surface area contributed by atoms with E-state index in [2.05, 4.69) is 32.9 Å². The van der Waals surface area contributed by atoms with Gasteiger partial charge in [0.05, 0.1) is 0 Å². The van der Waals surface area contributed by atoms with Gasteiger partial charge in [-0.2, -0.15) is 0 Å². The van der Waals surface area contributed by atoms with Crippen molar-refractivity contribution in [1.29, 1.82) is 0 Å². The maximum atomic E-state index is 12.4. The Morgan fingerprint density at radius 2 is 1.74 bits per heavy atom. The number of anilines is 1. The molecule has 0 radical (unpaired) electrons. The molecular formula is C17H25N5O. The minimum Gasteiger partial charge on any atom is -0.339 e. The lowest BCUT2D eigenvalue weighted by atomic mass is 10.2. The highest BCUT2D eigenvalue weighted by Gasteiger charge is 2.22. The smallest absolute Gasteiger partial charge is 0.225 e. The minimum atomic E-state index is 0.205. The molecule has 6 heteroatoms. The molecule has 1 amide bonds. The molecule has 1 aliphatic rings. The van der Waals surface area contributed by atoms with E-state index in [-0.39, 0.29) is 5.91 Å². The second kappa shape index (κ2) is 9.05. The van der Waals surface area contributed by atoms with Gasteiger partial charge in [-0.15, -0.1) is 13.2 Å². The van der Waals surface area contributed by atoms with Crippen LogP contribution in [0, 0.1) is 0 Å². The van der Waals surface area contributed by atoms with Crippen molar-refractivity contribution in [2.75, 3.05) is 50.7 Å². The Labute approximate surface area is 138 Å². The van der Waals surface area contributed by atoms with Crippen LogP contribution in [0.4, 0.5) is 5.95 Å². The summed E-state index contributed by atoms with van der Waals surface area (Å²) in [5, 5.41) is 0. The molecule has 1 aromatic heterocycles. The summed E-state index contributed by atoms with van der Waals surface area (Å²) in [5.41, 5.74) is 0. The molecular weight excluding hydrogens is 290 g/mol. The average molecular weight is 315 g/mol. The molecule has 1 aromatic rings. The Bertz CT molecular complexity index is 501. The minimum absolute atomic E-state index is 0.205. The summed E-state index contributed by atoms with van der Waals surface area (Å²) in [5.74, 6) is 0.944. The van der Waals surface area contributed by atoms with E-state index in [4.69, 9.17) is 0 Å². The molecule has 1 fully saturated rings. The quantitative estimate of drug-likeness (QED) is 0.675. The van der Waals surface area contributed by atoms with Crippen molar-refractivity contribution in [3.8, 4) is 0 Å². The fraction of sp³-hybridized carbons (Fsp3) is 0.471. The van der Waals surface area contributed by atoms with Crippen LogP contribution in [0.1, 0.15) is 6.42 Å². The Hall–Kier alpha value is -2.21. The fourth-order valence-electron chi connectivity index (χ4n) is 2.64. The van der Waals surface area contributed by atoms with E-state index in [0.717, 1.165) is 51.8 Å². The number of hydrogen-bond donors (Lipinski definition) is 0. The van der Waals surface area contributed by atoms with Crippen LogP contribution >= 0.6 is 0 Å². The maximum absolute atomic E-state index is 12.4. The van der Waals surface area contributed by atoms with Crippen LogP contribution < -0.4 is 4.90 Å². The maximum Gasteiger partial charge on any atom is 0.225 e. The molecule has 0 bridgehead atoms. The number of piperazine rings is 1. The largest absolute Gasteiger partial charge is 0.339 e. The van der Waals surface area contributed by atoms with E-state index in [1.54, 1.807) is 12.4 Å². The molecule has 0 atom stereocenters. The fourth-order valence-corrected chi connectivity index (χ4v) is 2.64. The second-order valence-electron chi connectivity index (χ2n) is 5.50.